The molecule has 1 saturated carbocycles. The number of hydrogen-bond acceptors (Lipinski definition) is 6. The van der Waals surface area contributed by atoms with Crippen molar-refractivity contribution in [3.05, 3.63) is 24.0 Å². The summed E-state index contributed by atoms with van der Waals surface area (Å²) in [6, 6.07) is 5.66. The monoisotopic (exact) mass is 402 g/mol. The molecule has 1 saturated heterocycles. The number of para-hydroxylation sites is 1. The highest BCUT2D eigenvalue weighted by Gasteiger charge is 2.45. The molecule has 3 aromatic rings. The summed E-state index contributed by atoms with van der Waals surface area (Å²) >= 11 is 0. The SMILES string of the molecule is COc1cccc2c1nc(N)n1nc([C@@H]3CCCN(CC4CC(F)(F)C4)C3)nc21. The van der Waals surface area contributed by atoms with Crippen LogP contribution in [0.3, 0.4) is 0 Å². The van der Waals surface area contributed by atoms with Gasteiger partial charge in [-0.3, -0.25) is 0 Å². The maximum atomic E-state index is 13.2. The Balaban J connectivity index is 1.43. The molecule has 29 heavy (non-hydrogen) atoms. The number of fused-ring (bicyclic) bond motifs is 3. The lowest BCUT2D eigenvalue weighted by atomic mass is 9.80. The Morgan fingerprint density at radius 1 is 1.28 bits per heavy atom. The minimum absolute atomic E-state index is 0.0107. The standard InChI is InChI=1S/C20H24F2N6O/c1-29-15-6-2-5-14-16(15)24-19(23)28-18(14)25-17(26-28)13-4-3-7-27(11-13)10-12-8-20(21,22)9-12/h2,5-6,12-13H,3-4,7-11H2,1H3,(H2,23,24)/t13-/m1/s1. The first kappa shape index (κ1) is 18.5. The van der Waals surface area contributed by atoms with Gasteiger partial charge in [0, 0.05) is 37.2 Å². The topological polar surface area (TPSA) is 81.6 Å². The van der Waals surface area contributed by atoms with Crippen LogP contribution in [-0.4, -0.2) is 57.1 Å². The van der Waals surface area contributed by atoms with Crippen molar-refractivity contribution in [1.82, 2.24) is 24.5 Å². The fraction of sp³-hybridized carbons (Fsp3) is 0.550. The largest absolute Gasteiger partial charge is 0.494 e. The van der Waals surface area contributed by atoms with E-state index >= 15 is 0 Å². The number of benzene rings is 1. The highest BCUT2D eigenvalue weighted by molar-refractivity contribution is 5.95. The van der Waals surface area contributed by atoms with E-state index in [1.165, 1.54) is 0 Å². The van der Waals surface area contributed by atoms with Crippen LogP contribution in [0.4, 0.5) is 14.7 Å². The average molecular weight is 402 g/mol. The van der Waals surface area contributed by atoms with E-state index in [1.54, 1.807) is 11.6 Å². The number of nitrogen functional groups attached to an aromatic ring is 1. The first-order valence-corrected chi connectivity index (χ1v) is 10.0. The van der Waals surface area contributed by atoms with Crippen molar-refractivity contribution in [1.29, 1.82) is 0 Å². The van der Waals surface area contributed by atoms with Gasteiger partial charge in [0.2, 0.25) is 11.9 Å². The lowest BCUT2D eigenvalue weighted by molar-refractivity contribution is -0.117. The minimum Gasteiger partial charge on any atom is -0.494 e. The molecule has 1 aromatic carbocycles. The predicted octanol–water partition coefficient (Wildman–Crippen LogP) is 3.09. The number of rotatable bonds is 4. The molecule has 5 rings (SSSR count). The molecule has 2 fully saturated rings. The van der Waals surface area contributed by atoms with Gasteiger partial charge in [-0.25, -0.2) is 18.7 Å². The minimum atomic E-state index is -2.46. The Labute approximate surface area is 166 Å². The second-order valence-electron chi connectivity index (χ2n) is 8.26. The van der Waals surface area contributed by atoms with Gasteiger partial charge in [0.25, 0.3) is 0 Å². The zero-order valence-corrected chi connectivity index (χ0v) is 16.3. The van der Waals surface area contributed by atoms with Gasteiger partial charge in [-0.2, -0.15) is 4.52 Å². The number of hydrogen-bond donors (Lipinski definition) is 1. The third-order valence-electron chi connectivity index (χ3n) is 6.09. The fourth-order valence-electron chi connectivity index (χ4n) is 4.69. The number of halogens is 2. The van der Waals surface area contributed by atoms with Crippen LogP contribution in [0, 0.1) is 5.92 Å². The second kappa shape index (κ2) is 6.76. The smallest absolute Gasteiger partial charge is 0.248 e. The van der Waals surface area contributed by atoms with Crippen LogP contribution in [0.25, 0.3) is 16.6 Å². The Morgan fingerprint density at radius 2 is 2.10 bits per heavy atom. The number of likely N-dealkylation sites (tertiary alicyclic amines) is 1. The van der Waals surface area contributed by atoms with Gasteiger partial charge >= 0.3 is 0 Å². The third-order valence-corrected chi connectivity index (χ3v) is 6.09. The number of anilines is 1. The van der Waals surface area contributed by atoms with Crippen LogP contribution >= 0.6 is 0 Å². The van der Waals surface area contributed by atoms with Crippen LogP contribution < -0.4 is 10.5 Å². The zero-order valence-electron chi connectivity index (χ0n) is 16.3. The first-order valence-electron chi connectivity index (χ1n) is 10.0. The summed E-state index contributed by atoms with van der Waals surface area (Å²) in [5.41, 5.74) is 7.47. The molecule has 0 amide bonds. The molecule has 0 bridgehead atoms. The normalized spacial score (nSPS) is 22.8. The van der Waals surface area contributed by atoms with Gasteiger partial charge in [0.1, 0.15) is 11.3 Å². The molecule has 0 unspecified atom stereocenters. The van der Waals surface area contributed by atoms with Gasteiger partial charge in [-0.15, -0.1) is 5.10 Å². The highest BCUT2D eigenvalue weighted by Crippen LogP contribution is 2.43. The number of ether oxygens (including phenoxy) is 1. The number of methoxy groups -OCH3 is 1. The van der Waals surface area contributed by atoms with Crippen molar-refractivity contribution in [2.24, 2.45) is 5.92 Å². The molecule has 1 aliphatic carbocycles. The van der Waals surface area contributed by atoms with Crippen molar-refractivity contribution in [2.75, 3.05) is 32.5 Å². The van der Waals surface area contributed by atoms with Gasteiger partial charge < -0.3 is 15.4 Å². The van der Waals surface area contributed by atoms with E-state index in [0.29, 0.717) is 16.9 Å². The first-order chi connectivity index (χ1) is 13.9. The van der Waals surface area contributed by atoms with Gasteiger partial charge in [0.05, 0.1) is 7.11 Å². The molecular weight excluding hydrogens is 378 g/mol. The highest BCUT2D eigenvalue weighted by atomic mass is 19.3. The number of alkyl halides is 2. The summed E-state index contributed by atoms with van der Waals surface area (Å²) in [6.45, 7) is 2.45. The van der Waals surface area contributed by atoms with Gasteiger partial charge in [-0.05, 0) is 37.4 Å². The molecule has 0 spiro atoms. The summed E-state index contributed by atoms with van der Waals surface area (Å²) in [6.07, 6.45) is 2.00. The van der Waals surface area contributed by atoms with Crippen molar-refractivity contribution in [2.45, 2.75) is 37.5 Å². The summed E-state index contributed by atoms with van der Waals surface area (Å²) in [5.74, 6) is -0.575. The summed E-state index contributed by atoms with van der Waals surface area (Å²) < 4.78 is 33.3. The molecule has 9 heteroatoms. The summed E-state index contributed by atoms with van der Waals surface area (Å²) in [7, 11) is 1.60. The maximum absolute atomic E-state index is 13.2. The van der Waals surface area contributed by atoms with Gasteiger partial charge in [-0.1, -0.05) is 6.07 Å². The summed E-state index contributed by atoms with van der Waals surface area (Å²) in [5, 5.41) is 5.48. The molecule has 7 nitrogen and oxygen atoms in total. The summed E-state index contributed by atoms with van der Waals surface area (Å²) in [4.78, 5) is 11.5. The van der Waals surface area contributed by atoms with E-state index in [1.807, 2.05) is 18.2 Å². The van der Waals surface area contributed by atoms with Gasteiger partial charge in [0.15, 0.2) is 11.5 Å². The molecular formula is C20H24F2N6O. The number of piperidine rings is 1. The Morgan fingerprint density at radius 3 is 2.86 bits per heavy atom. The predicted molar refractivity (Wildman–Crippen MR) is 105 cm³/mol. The van der Waals surface area contributed by atoms with Crippen LogP contribution in [0.15, 0.2) is 18.2 Å². The van der Waals surface area contributed by atoms with E-state index in [4.69, 9.17) is 15.5 Å². The van der Waals surface area contributed by atoms with Crippen molar-refractivity contribution in [3.8, 4) is 5.75 Å². The van der Waals surface area contributed by atoms with E-state index in [-0.39, 0.29) is 30.6 Å². The lowest BCUT2D eigenvalue weighted by Gasteiger charge is -2.40. The molecule has 0 radical (unpaired) electrons. The Kier molecular flexibility index (Phi) is 4.31. The molecule has 3 heterocycles. The molecule has 2 aromatic heterocycles. The number of nitrogens with zero attached hydrogens (tertiary/aromatic N) is 5. The van der Waals surface area contributed by atoms with E-state index in [2.05, 4.69) is 15.0 Å². The second-order valence-corrected chi connectivity index (χ2v) is 8.26. The molecule has 1 atom stereocenters. The van der Waals surface area contributed by atoms with E-state index in [0.717, 1.165) is 43.7 Å². The number of nitrogens with two attached hydrogens (primary N) is 1. The van der Waals surface area contributed by atoms with Crippen LogP contribution in [0.2, 0.25) is 0 Å². The third kappa shape index (κ3) is 3.27. The number of aromatic nitrogens is 4. The molecule has 154 valence electrons. The molecule has 2 aliphatic rings. The maximum Gasteiger partial charge on any atom is 0.248 e. The van der Waals surface area contributed by atoms with Crippen LogP contribution in [0.5, 0.6) is 5.75 Å². The Hall–Kier alpha value is -2.55. The van der Waals surface area contributed by atoms with E-state index in [9.17, 15) is 8.78 Å². The lowest BCUT2D eigenvalue weighted by Crippen LogP contribution is -2.45. The van der Waals surface area contributed by atoms with Crippen molar-refractivity contribution < 1.29 is 13.5 Å². The fourth-order valence-corrected chi connectivity index (χ4v) is 4.69. The van der Waals surface area contributed by atoms with E-state index < -0.39 is 5.92 Å². The quantitative estimate of drug-likeness (QED) is 0.722. The van der Waals surface area contributed by atoms with Crippen LogP contribution in [-0.2, 0) is 0 Å². The molecule has 1 aliphatic heterocycles. The van der Waals surface area contributed by atoms with Crippen LogP contribution in [0.1, 0.15) is 37.4 Å². The van der Waals surface area contributed by atoms with Crippen molar-refractivity contribution >= 4 is 22.5 Å². The molecule has 2 N–H and O–H groups in total. The average Bonchev–Trinajstić information content (AvgIpc) is 3.13. The zero-order chi connectivity index (χ0) is 20.2. The van der Waals surface area contributed by atoms with Crippen molar-refractivity contribution in [3.63, 3.8) is 0 Å². The Bertz CT molecular complexity index is 1060.